The van der Waals surface area contributed by atoms with Gasteiger partial charge in [0.05, 0.1) is 24.2 Å². The third kappa shape index (κ3) is 2.53. The van der Waals surface area contributed by atoms with Crippen LogP contribution in [0.15, 0.2) is 28.8 Å². The minimum absolute atomic E-state index is 0.0690. The molecule has 1 saturated heterocycles. The lowest BCUT2D eigenvalue weighted by Gasteiger charge is -2.07. The molecular weight excluding hydrogens is 276 g/mol. The van der Waals surface area contributed by atoms with Crippen LogP contribution in [-0.4, -0.2) is 39.5 Å². The molecule has 20 heavy (non-hydrogen) atoms. The van der Waals surface area contributed by atoms with Gasteiger partial charge in [-0.1, -0.05) is 17.3 Å². The second-order valence-electron chi connectivity index (χ2n) is 4.60. The van der Waals surface area contributed by atoms with Crippen molar-refractivity contribution >= 4 is 11.8 Å². The fourth-order valence-electron chi connectivity index (χ4n) is 2.21. The Balaban J connectivity index is 1.90. The molecule has 2 atom stereocenters. The molecule has 2 aromatic rings. The van der Waals surface area contributed by atoms with Crippen LogP contribution in [0.1, 0.15) is 18.7 Å². The van der Waals surface area contributed by atoms with E-state index in [1.54, 1.807) is 11.8 Å². The molecule has 0 radical (unpaired) electrons. The van der Waals surface area contributed by atoms with E-state index in [-0.39, 0.29) is 5.92 Å². The lowest BCUT2D eigenvalue weighted by Crippen LogP contribution is -2.15. The fraction of sp³-hybridized carbons (Fsp3) is 0.429. The van der Waals surface area contributed by atoms with Crippen molar-refractivity contribution in [1.29, 1.82) is 0 Å². The number of hydrogen-bond acceptors (Lipinski definition) is 6. The zero-order chi connectivity index (χ0) is 13.9. The molecule has 1 aliphatic rings. The molecule has 0 amide bonds. The van der Waals surface area contributed by atoms with Crippen LogP contribution in [-0.2, 0) is 0 Å². The van der Waals surface area contributed by atoms with E-state index in [1.807, 2.05) is 31.2 Å². The quantitative estimate of drug-likeness (QED) is 0.932. The molecule has 2 heterocycles. The number of aliphatic hydroxyl groups excluding tert-OH is 1. The molecule has 6 heteroatoms. The predicted octanol–water partition coefficient (Wildman–Crippen LogP) is 2.33. The van der Waals surface area contributed by atoms with Crippen LogP contribution in [0.3, 0.4) is 0 Å². The first-order chi connectivity index (χ1) is 9.79. The van der Waals surface area contributed by atoms with Gasteiger partial charge < -0.3 is 14.4 Å². The first-order valence-electron chi connectivity index (χ1n) is 6.61. The van der Waals surface area contributed by atoms with Gasteiger partial charge in [0.15, 0.2) is 0 Å². The molecule has 106 valence electrons. The highest BCUT2D eigenvalue weighted by Crippen LogP contribution is 2.34. The van der Waals surface area contributed by atoms with Crippen LogP contribution in [0.25, 0.3) is 11.4 Å². The Kier molecular flexibility index (Phi) is 3.93. The van der Waals surface area contributed by atoms with Crippen molar-refractivity contribution in [3.63, 3.8) is 0 Å². The van der Waals surface area contributed by atoms with Crippen molar-refractivity contribution in [2.45, 2.75) is 18.9 Å². The number of aliphatic hydroxyl groups is 1. The zero-order valence-corrected chi connectivity index (χ0v) is 12.0. The lowest BCUT2D eigenvalue weighted by atomic mass is 10.1. The van der Waals surface area contributed by atoms with Crippen molar-refractivity contribution in [2.75, 3.05) is 18.1 Å². The second kappa shape index (κ2) is 5.85. The Bertz CT molecular complexity index is 587. The molecule has 2 unspecified atom stereocenters. The van der Waals surface area contributed by atoms with Gasteiger partial charge in [0.2, 0.25) is 11.7 Å². The van der Waals surface area contributed by atoms with Crippen LogP contribution in [0, 0.1) is 0 Å². The maximum atomic E-state index is 9.89. The van der Waals surface area contributed by atoms with E-state index in [0.29, 0.717) is 18.3 Å². The maximum Gasteiger partial charge on any atom is 0.233 e. The molecule has 1 fully saturated rings. The number of benzene rings is 1. The van der Waals surface area contributed by atoms with Crippen LogP contribution in [0.2, 0.25) is 0 Å². The standard InChI is InChI=1S/C14H16N2O3S/c1-2-18-12-6-4-3-5-9(12)13-15-14(19-16-13)10-7-20-8-11(10)17/h3-6,10-11,17H,2,7-8H2,1H3. The Hall–Kier alpha value is -1.53. The van der Waals surface area contributed by atoms with E-state index >= 15 is 0 Å². The molecule has 0 spiro atoms. The average molecular weight is 292 g/mol. The van der Waals surface area contributed by atoms with E-state index in [0.717, 1.165) is 22.8 Å². The predicted molar refractivity (Wildman–Crippen MR) is 77.0 cm³/mol. The summed E-state index contributed by atoms with van der Waals surface area (Å²) in [6, 6.07) is 7.61. The van der Waals surface area contributed by atoms with E-state index < -0.39 is 6.10 Å². The highest BCUT2D eigenvalue weighted by atomic mass is 32.2. The van der Waals surface area contributed by atoms with Gasteiger partial charge in [-0.25, -0.2) is 0 Å². The summed E-state index contributed by atoms with van der Waals surface area (Å²) in [6.45, 7) is 2.52. The summed E-state index contributed by atoms with van der Waals surface area (Å²) in [7, 11) is 0. The number of rotatable bonds is 4. The van der Waals surface area contributed by atoms with Crippen LogP contribution >= 0.6 is 11.8 Å². The Labute approximate surface area is 121 Å². The van der Waals surface area contributed by atoms with E-state index in [1.165, 1.54) is 0 Å². The summed E-state index contributed by atoms with van der Waals surface area (Å²) in [5, 5.41) is 13.9. The number of aromatic nitrogens is 2. The first kappa shape index (κ1) is 13.5. The highest BCUT2D eigenvalue weighted by molar-refractivity contribution is 7.99. The maximum absolute atomic E-state index is 9.89. The van der Waals surface area contributed by atoms with Gasteiger partial charge in [0.25, 0.3) is 0 Å². The van der Waals surface area contributed by atoms with Gasteiger partial charge in [-0.3, -0.25) is 0 Å². The van der Waals surface area contributed by atoms with Crippen molar-refractivity contribution in [3.05, 3.63) is 30.2 Å². The van der Waals surface area contributed by atoms with E-state index in [9.17, 15) is 5.11 Å². The van der Waals surface area contributed by atoms with Crippen LogP contribution in [0.5, 0.6) is 5.75 Å². The Morgan fingerprint density at radius 3 is 3.00 bits per heavy atom. The topological polar surface area (TPSA) is 68.4 Å². The van der Waals surface area contributed by atoms with Gasteiger partial charge in [0.1, 0.15) is 5.75 Å². The van der Waals surface area contributed by atoms with Gasteiger partial charge in [-0.05, 0) is 19.1 Å². The largest absolute Gasteiger partial charge is 0.493 e. The SMILES string of the molecule is CCOc1ccccc1-c1noc(C2CSCC2O)n1. The summed E-state index contributed by atoms with van der Waals surface area (Å²) in [5.74, 6) is 3.22. The third-order valence-electron chi connectivity index (χ3n) is 3.24. The van der Waals surface area contributed by atoms with Gasteiger partial charge >= 0.3 is 0 Å². The van der Waals surface area contributed by atoms with Crippen molar-refractivity contribution in [1.82, 2.24) is 10.1 Å². The van der Waals surface area contributed by atoms with E-state index in [4.69, 9.17) is 9.26 Å². The summed E-state index contributed by atoms with van der Waals surface area (Å²) < 4.78 is 10.9. The number of hydrogen-bond donors (Lipinski definition) is 1. The Morgan fingerprint density at radius 2 is 2.25 bits per heavy atom. The second-order valence-corrected chi connectivity index (χ2v) is 5.67. The number of thioether (sulfide) groups is 1. The molecule has 1 N–H and O–H groups in total. The first-order valence-corrected chi connectivity index (χ1v) is 7.76. The van der Waals surface area contributed by atoms with Crippen molar-refractivity contribution < 1.29 is 14.4 Å². The molecular formula is C14H16N2O3S. The molecule has 1 aromatic heterocycles. The highest BCUT2D eigenvalue weighted by Gasteiger charge is 2.32. The lowest BCUT2D eigenvalue weighted by molar-refractivity contribution is 0.164. The smallest absolute Gasteiger partial charge is 0.233 e. The minimum Gasteiger partial charge on any atom is -0.493 e. The summed E-state index contributed by atoms with van der Waals surface area (Å²) >= 11 is 1.70. The van der Waals surface area contributed by atoms with Crippen LogP contribution < -0.4 is 4.74 Å². The summed E-state index contributed by atoms with van der Waals surface area (Å²) in [5.41, 5.74) is 0.810. The average Bonchev–Trinajstić information content (AvgIpc) is 3.08. The minimum atomic E-state index is -0.407. The fourth-order valence-corrected chi connectivity index (χ4v) is 3.44. The molecule has 0 bridgehead atoms. The zero-order valence-electron chi connectivity index (χ0n) is 11.2. The van der Waals surface area contributed by atoms with Crippen molar-refractivity contribution in [2.24, 2.45) is 0 Å². The van der Waals surface area contributed by atoms with E-state index in [2.05, 4.69) is 10.1 Å². The molecule has 3 rings (SSSR count). The number of para-hydroxylation sites is 1. The molecule has 1 aromatic carbocycles. The third-order valence-corrected chi connectivity index (χ3v) is 4.41. The van der Waals surface area contributed by atoms with Gasteiger partial charge in [-0.2, -0.15) is 16.7 Å². The molecule has 1 aliphatic heterocycles. The summed E-state index contributed by atoms with van der Waals surface area (Å²) in [6.07, 6.45) is -0.407. The molecule has 0 saturated carbocycles. The summed E-state index contributed by atoms with van der Waals surface area (Å²) in [4.78, 5) is 4.42. The number of ether oxygens (including phenoxy) is 1. The van der Waals surface area contributed by atoms with Crippen LogP contribution in [0.4, 0.5) is 0 Å². The number of nitrogens with zero attached hydrogens (tertiary/aromatic N) is 2. The van der Waals surface area contributed by atoms with Crippen molar-refractivity contribution in [3.8, 4) is 17.1 Å². The normalized spacial score (nSPS) is 22.1. The molecule has 5 nitrogen and oxygen atoms in total. The van der Waals surface area contributed by atoms with Gasteiger partial charge in [0, 0.05) is 11.5 Å². The Morgan fingerprint density at radius 1 is 1.40 bits per heavy atom. The molecule has 0 aliphatic carbocycles. The monoisotopic (exact) mass is 292 g/mol. The van der Waals surface area contributed by atoms with Gasteiger partial charge in [-0.15, -0.1) is 0 Å².